The van der Waals surface area contributed by atoms with Gasteiger partial charge >= 0.3 is 0 Å². The highest BCUT2D eigenvalue weighted by molar-refractivity contribution is 6.30. The lowest BCUT2D eigenvalue weighted by atomic mass is 9.96. The molecule has 0 aliphatic heterocycles. The summed E-state index contributed by atoms with van der Waals surface area (Å²) in [6.07, 6.45) is 8.04. The minimum Gasteiger partial charge on any atom is -0.387 e. The third-order valence-corrected chi connectivity index (χ3v) is 3.96. The third-order valence-electron chi connectivity index (χ3n) is 3.66. The Labute approximate surface area is 134 Å². The van der Waals surface area contributed by atoms with E-state index in [4.69, 9.17) is 17.3 Å². The van der Waals surface area contributed by atoms with Gasteiger partial charge in [0.15, 0.2) is 6.29 Å². The van der Waals surface area contributed by atoms with Crippen LogP contribution in [-0.4, -0.2) is 18.2 Å². The van der Waals surface area contributed by atoms with E-state index < -0.39 is 5.82 Å². The molecule has 0 radical (unpaired) electrons. The quantitative estimate of drug-likeness (QED) is 0.377. The number of aliphatic imine (C=N–C) groups is 1. The molecule has 1 aliphatic carbocycles. The first-order valence-electron chi connectivity index (χ1n) is 7.31. The summed E-state index contributed by atoms with van der Waals surface area (Å²) >= 11 is 5.61. The van der Waals surface area contributed by atoms with Crippen molar-refractivity contribution in [3.8, 4) is 0 Å². The molecule has 0 bridgehead atoms. The van der Waals surface area contributed by atoms with Crippen molar-refractivity contribution in [2.75, 3.05) is 0 Å². The van der Waals surface area contributed by atoms with Crippen molar-refractivity contribution >= 4 is 29.4 Å². The Morgan fingerprint density at radius 3 is 2.73 bits per heavy atom. The molecule has 0 amide bonds. The predicted molar refractivity (Wildman–Crippen MR) is 86.8 cm³/mol. The van der Waals surface area contributed by atoms with Gasteiger partial charge in [0.05, 0.1) is 16.3 Å². The van der Waals surface area contributed by atoms with Gasteiger partial charge in [-0.05, 0) is 25.0 Å². The molecule has 0 aromatic heterocycles. The van der Waals surface area contributed by atoms with E-state index in [1.54, 1.807) is 6.20 Å². The van der Waals surface area contributed by atoms with E-state index in [9.17, 15) is 9.18 Å². The lowest BCUT2D eigenvalue weighted by Crippen LogP contribution is -2.28. The summed E-state index contributed by atoms with van der Waals surface area (Å²) in [5.74, 6) is -0.535. The van der Waals surface area contributed by atoms with Crippen molar-refractivity contribution in [3.05, 3.63) is 40.8 Å². The molecule has 118 valence electrons. The molecule has 0 heterocycles. The van der Waals surface area contributed by atoms with Crippen LogP contribution in [-0.2, 0) is 4.79 Å². The van der Waals surface area contributed by atoms with E-state index in [0.29, 0.717) is 18.0 Å². The first-order valence-corrected chi connectivity index (χ1v) is 7.69. The number of carbonyl (C=O) groups is 1. The third kappa shape index (κ3) is 4.56. The summed E-state index contributed by atoms with van der Waals surface area (Å²) in [5.41, 5.74) is 6.38. The zero-order valence-corrected chi connectivity index (χ0v) is 12.9. The summed E-state index contributed by atoms with van der Waals surface area (Å²) in [4.78, 5) is 15.2. The van der Waals surface area contributed by atoms with Gasteiger partial charge in [0.2, 0.25) is 0 Å². The number of amidine groups is 1. The molecule has 1 aromatic rings. The molecular formula is C16H19ClFN3O. The molecule has 22 heavy (non-hydrogen) atoms. The van der Waals surface area contributed by atoms with E-state index in [0.717, 1.165) is 12.8 Å². The molecular weight excluding hydrogens is 305 g/mol. The maximum absolute atomic E-state index is 13.4. The zero-order valence-electron chi connectivity index (χ0n) is 12.2. The second-order valence-corrected chi connectivity index (χ2v) is 5.72. The van der Waals surface area contributed by atoms with Gasteiger partial charge < -0.3 is 11.1 Å². The van der Waals surface area contributed by atoms with Crippen LogP contribution in [0.25, 0.3) is 0 Å². The van der Waals surface area contributed by atoms with Crippen molar-refractivity contribution in [2.45, 2.75) is 38.1 Å². The first kappa shape index (κ1) is 16.5. The average molecular weight is 324 g/mol. The Hall–Kier alpha value is -1.88. The number of hydrogen-bond donors (Lipinski definition) is 2. The summed E-state index contributed by atoms with van der Waals surface area (Å²) in [6, 6.07) is 4.47. The molecule has 1 saturated carbocycles. The van der Waals surface area contributed by atoms with Gasteiger partial charge in [-0.1, -0.05) is 30.9 Å². The molecule has 1 aliphatic rings. The molecule has 0 unspecified atom stereocenters. The summed E-state index contributed by atoms with van der Waals surface area (Å²) < 4.78 is 13.4. The van der Waals surface area contributed by atoms with Gasteiger partial charge in [-0.2, -0.15) is 0 Å². The standard InChI is InChI=1S/C16H19ClFN3O/c17-14-7-6-13(8-15(14)18)21-16(19)11(10-22)9-20-12-4-2-1-3-5-12/h6-10,12,20H,1-5H2,(H2,19,21)/b11-9-. The van der Waals surface area contributed by atoms with E-state index in [2.05, 4.69) is 10.3 Å². The van der Waals surface area contributed by atoms with Crippen LogP contribution in [0, 0.1) is 5.82 Å². The predicted octanol–water partition coefficient (Wildman–Crippen LogP) is 3.47. The van der Waals surface area contributed by atoms with Crippen LogP contribution in [0.5, 0.6) is 0 Å². The molecule has 0 atom stereocenters. The van der Waals surface area contributed by atoms with Crippen LogP contribution in [0.4, 0.5) is 10.1 Å². The number of halogens is 2. The number of aldehydes is 1. The monoisotopic (exact) mass is 323 g/mol. The molecule has 4 nitrogen and oxygen atoms in total. The number of nitrogens with zero attached hydrogens (tertiary/aromatic N) is 1. The van der Waals surface area contributed by atoms with Gasteiger partial charge in [0.25, 0.3) is 0 Å². The van der Waals surface area contributed by atoms with Crippen molar-refractivity contribution in [1.82, 2.24) is 5.32 Å². The number of rotatable bonds is 5. The summed E-state index contributed by atoms with van der Waals surface area (Å²) in [6.45, 7) is 0. The Morgan fingerprint density at radius 2 is 2.09 bits per heavy atom. The van der Waals surface area contributed by atoms with Gasteiger partial charge in [-0.25, -0.2) is 9.38 Å². The molecule has 0 saturated heterocycles. The Morgan fingerprint density at radius 1 is 1.36 bits per heavy atom. The van der Waals surface area contributed by atoms with E-state index in [1.165, 1.54) is 37.5 Å². The van der Waals surface area contributed by atoms with Gasteiger partial charge in [0.1, 0.15) is 11.7 Å². The first-order chi connectivity index (χ1) is 10.6. The minimum absolute atomic E-state index is 0.0163. The van der Waals surface area contributed by atoms with Crippen molar-refractivity contribution in [2.24, 2.45) is 10.7 Å². The Kier molecular flexibility index (Phi) is 5.95. The highest BCUT2D eigenvalue weighted by atomic mass is 35.5. The molecule has 0 spiro atoms. The van der Waals surface area contributed by atoms with Crippen molar-refractivity contribution in [3.63, 3.8) is 0 Å². The molecule has 1 fully saturated rings. The van der Waals surface area contributed by atoms with Crippen LogP contribution in [0.3, 0.4) is 0 Å². The lowest BCUT2D eigenvalue weighted by Gasteiger charge is -2.22. The molecule has 1 aromatic carbocycles. The van der Waals surface area contributed by atoms with Crippen molar-refractivity contribution in [1.29, 1.82) is 0 Å². The minimum atomic E-state index is -0.576. The smallest absolute Gasteiger partial charge is 0.155 e. The van der Waals surface area contributed by atoms with Gasteiger partial charge in [-0.15, -0.1) is 0 Å². The Balaban J connectivity index is 2.09. The maximum atomic E-state index is 13.4. The largest absolute Gasteiger partial charge is 0.387 e. The van der Waals surface area contributed by atoms with Crippen LogP contribution >= 0.6 is 11.6 Å². The average Bonchev–Trinajstić information content (AvgIpc) is 2.52. The van der Waals surface area contributed by atoms with E-state index in [-0.39, 0.29) is 16.4 Å². The fourth-order valence-electron chi connectivity index (χ4n) is 2.40. The van der Waals surface area contributed by atoms with Gasteiger partial charge in [-0.3, -0.25) is 4.79 Å². The zero-order chi connectivity index (χ0) is 15.9. The highest BCUT2D eigenvalue weighted by Gasteiger charge is 2.12. The van der Waals surface area contributed by atoms with Crippen LogP contribution < -0.4 is 11.1 Å². The second kappa shape index (κ2) is 7.94. The molecule has 2 rings (SSSR count). The Bertz CT molecular complexity index is 595. The van der Waals surface area contributed by atoms with Crippen LogP contribution in [0.1, 0.15) is 32.1 Å². The number of carbonyl (C=O) groups excluding carboxylic acids is 1. The fraction of sp³-hybridized carbons (Fsp3) is 0.375. The maximum Gasteiger partial charge on any atom is 0.155 e. The normalized spacial score (nSPS) is 17.4. The number of benzene rings is 1. The SMILES string of the molecule is NC(=Nc1ccc(Cl)c(F)c1)/C(C=O)=C\NC1CCCCC1. The number of nitrogens with two attached hydrogens (primary N) is 1. The highest BCUT2D eigenvalue weighted by Crippen LogP contribution is 2.21. The fourth-order valence-corrected chi connectivity index (χ4v) is 2.52. The summed E-state index contributed by atoms with van der Waals surface area (Å²) in [5, 5.41) is 3.23. The second-order valence-electron chi connectivity index (χ2n) is 5.31. The van der Waals surface area contributed by atoms with Crippen LogP contribution in [0.2, 0.25) is 5.02 Å². The topological polar surface area (TPSA) is 67.5 Å². The molecule has 3 N–H and O–H groups in total. The number of hydrogen-bond acceptors (Lipinski definition) is 3. The van der Waals surface area contributed by atoms with Crippen molar-refractivity contribution < 1.29 is 9.18 Å². The lowest BCUT2D eigenvalue weighted by molar-refractivity contribution is -0.104. The van der Waals surface area contributed by atoms with Crippen LogP contribution in [0.15, 0.2) is 35.0 Å². The number of nitrogens with one attached hydrogen (secondary N) is 1. The summed E-state index contributed by atoms with van der Waals surface area (Å²) in [7, 11) is 0. The van der Waals surface area contributed by atoms with Gasteiger partial charge in [0, 0.05) is 18.3 Å². The van der Waals surface area contributed by atoms with E-state index >= 15 is 0 Å². The van der Waals surface area contributed by atoms with E-state index in [1.807, 2.05) is 0 Å². The molecule has 6 heteroatoms.